The summed E-state index contributed by atoms with van der Waals surface area (Å²) in [6.07, 6.45) is -0.0324. The van der Waals surface area contributed by atoms with Crippen LogP contribution in [0, 0.1) is 0 Å². The Kier molecular flexibility index (Phi) is 3.19. The molecule has 0 aromatic heterocycles. The smallest absolute Gasteiger partial charge is 0.220 e. The quantitative estimate of drug-likeness (QED) is 0.468. The molecule has 0 aromatic carbocycles. The van der Waals surface area contributed by atoms with Gasteiger partial charge in [-0.25, -0.2) is 0 Å². The second-order valence-electron chi connectivity index (χ2n) is 2.20. The first kappa shape index (κ1) is 8.39. The third-order valence-electron chi connectivity index (χ3n) is 1.07. The van der Waals surface area contributed by atoms with Gasteiger partial charge in [-0.2, -0.15) is 0 Å². The second kappa shape index (κ2) is 3.42. The molecule has 54 valence electrons. The van der Waals surface area contributed by atoms with Gasteiger partial charge in [-0.3, -0.25) is 9.69 Å². The number of carbonyl (C=O) groups excluding carboxylic acids is 1. The topological polar surface area (TPSA) is 72.3 Å². The van der Waals surface area contributed by atoms with Gasteiger partial charge in [0.2, 0.25) is 5.91 Å². The van der Waals surface area contributed by atoms with E-state index in [4.69, 9.17) is 11.5 Å². The predicted octanol–water partition coefficient (Wildman–Crippen LogP) is -1.29. The molecule has 0 spiro atoms. The van der Waals surface area contributed by atoms with E-state index >= 15 is 0 Å². The van der Waals surface area contributed by atoms with Crippen molar-refractivity contribution in [1.29, 1.82) is 0 Å². The van der Waals surface area contributed by atoms with E-state index in [0.29, 0.717) is 0 Å². The first-order valence-electron chi connectivity index (χ1n) is 2.74. The Morgan fingerprint density at radius 1 is 1.67 bits per heavy atom. The summed E-state index contributed by atoms with van der Waals surface area (Å²) in [4.78, 5) is 12.0. The van der Waals surface area contributed by atoms with Crippen molar-refractivity contribution in [3.05, 3.63) is 0 Å². The van der Waals surface area contributed by atoms with Gasteiger partial charge < -0.3 is 11.5 Å². The van der Waals surface area contributed by atoms with Crippen LogP contribution in [0.15, 0.2) is 0 Å². The summed E-state index contributed by atoms with van der Waals surface area (Å²) in [5, 5.41) is 0. The van der Waals surface area contributed by atoms with Crippen molar-refractivity contribution in [2.24, 2.45) is 11.5 Å². The molecule has 0 bridgehead atoms. The summed E-state index contributed by atoms with van der Waals surface area (Å²) in [6, 6.07) is 0. The van der Waals surface area contributed by atoms with Crippen LogP contribution in [0.25, 0.3) is 0 Å². The van der Waals surface area contributed by atoms with Gasteiger partial charge in [-0.1, -0.05) is 0 Å². The average Bonchev–Trinajstić information content (AvgIpc) is 1.63. The molecule has 0 saturated carbocycles. The van der Waals surface area contributed by atoms with E-state index < -0.39 is 0 Å². The molecule has 0 aliphatic heterocycles. The minimum Gasteiger partial charge on any atom is -0.370 e. The molecule has 0 fully saturated rings. The summed E-state index contributed by atoms with van der Waals surface area (Å²) in [5.41, 5.74) is 10.3. The Bertz CT molecular complexity index is 102. The second-order valence-corrected chi connectivity index (χ2v) is 2.20. The molecule has 9 heavy (non-hydrogen) atoms. The molecule has 0 rings (SSSR count). The number of primary amides is 1. The molecule has 4 heteroatoms. The zero-order valence-electron chi connectivity index (χ0n) is 5.79. The highest BCUT2D eigenvalue weighted by Crippen LogP contribution is 1.88. The van der Waals surface area contributed by atoms with E-state index in [1.807, 2.05) is 0 Å². The van der Waals surface area contributed by atoms with Crippen LogP contribution in [0.5, 0.6) is 0 Å². The van der Waals surface area contributed by atoms with Crippen molar-refractivity contribution in [1.82, 2.24) is 4.90 Å². The third-order valence-corrected chi connectivity index (χ3v) is 1.07. The summed E-state index contributed by atoms with van der Waals surface area (Å²) in [7, 11) is 3.60. The number of amides is 1. The Balaban J connectivity index is 3.50. The molecular weight excluding hydrogens is 118 g/mol. The van der Waals surface area contributed by atoms with E-state index in [-0.39, 0.29) is 18.5 Å². The van der Waals surface area contributed by atoms with Crippen LogP contribution in [0.1, 0.15) is 6.42 Å². The maximum absolute atomic E-state index is 10.2. The fraction of sp³-hybridized carbons (Fsp3) is 0.800. The van der Waals surface area contributed by atoms with Crippen LogP contribution in [-0.2, 0) is 4.79 Å². The Morgan fingerprint density at radius 2 is 2.11 bits per heavy atom. The molecule has 0 aliphatic rings. The molecule has 4 N–H and O–H groups in total. The lowest BCUT2D eigenvalue weighted by molar-refractivity contribution is -0.119. The molecule has 1 atom stereocenters. The van der Waals surface area contributed by atoms with Crippen molar-refractivity contribution >= 4 is 5.91 Å². The minimum absolute atomic E-state index is 0.215. The van der Waals surface area contributed by atoms with Crippen molar-refractivity contribution in [3.8, 4) is 0 Å². The first-order chi connectivity index (χ1) is 4.04. The van der Waals surface area contributed by atoms with Crippen molar-refractivity contribution < 1.29 is 4.79 Å². The third kappa shape index (κ3) is 3.93. The van der Waals surface area contributed by atoms with E-state index in [9.17, 15) is 4.79 Å². The summed E-state index contributed by atoms with van der Waals surface area (Å²) < 4.78 is 0. The number of hydrogen-bond acceptors (Lipinski definition) is 3. The largest absolute Gasteiger partial charge is 0.370 e. The van der Waals surface area contributed by atoms with Gasteiger partial charge in [-0.05, 0) is 14.1 Å². The fourth-order valence-corrected chi connectivity index (χ4v) is 0.389. The molecule has 0 radical (unpaired) electrons. The maximum Gasteiger partial charge on any atom is 0.220 e. The standard InChI is InChI=1S/C5H13N3O/c1-8(2)4(6)3-5(7)9/h4H,3,6H2,1-2H3,(H2,7,9). The number of carbonyl (C=O) groups is 1. The van der Waals surface area contributed by atoms with Crippen molar-refractivity contribution in [2.75, 3.05) is 14.1 Å². The zero-order chi connectivity index (χ0) is 7.44. The molecule has 4 nitrogen and oxygen atoms in total. The molecule has 0 saturated heterocycles. The molecule has 1 amide bonds. The van der Waals surface area contributed by atoms with Gasteiger partial charge in [0.1, 0.15) is 0 Å². The molecule has 1 unspecified atom stereocenters. The van der Waals surface area contributed by atoms with E-state index in [1.54, 1.807) is 19.0 Å². The lowest BCUT2D eigenvalue weighted by Gasteiger charge is -2.17. The van der Waals surface area contributed by atoms with E-state index in [0.717, 1.165) is 0 Å². The molecule has 0 aliphatic carbocycles. The number of rotatable bonds is 3. The number of hydrogen-bond donors (Lipinski definition) is 2. The van der Waals surface area contributed by atoms with Crippen LogP contribution in [-0.4, -0.2) is 31.1 Å². The lowest BCUT2D eigenvalue weighted by Crippen LogP contribution is -2.39. The van der Waals surface area contributed by atoms with Gasteiger partial charge in [-0.15, -0.1) is 0 Å². The van der Waals surface area contributed by atoms with Crippen LogP contribution in [0.4, 0.5) is 0 Å². The zero-order valence-corrected chi connectivity index (χ0v) is 5.79. The number of nitrogens with two attached hydrogens (primary N) is 2. The van der Waals surface area contributed by atoms with Crippen LogP contribution in [0.2, 0.25) is 0 Å². The first-order valence-corrected chi connectivity index (χ1v) is 2.74. The van der Waals surface area contributed by atoms with Crippen molar-refractivity contribution in [3.63, 3.8) is 0 Å². The predicted molar refractivity (Wildman–Crippen MR) is 35.5 cm³/mol. The van der Waals surface area contributed by atoms with E-state index in [2.05, 4.69) is 0 Å². The maximum atomic E-state index is 10.2. The highest BCUT2D eigenvalue weighted by Gasteiger charge is 2.06. The SMILES string of the molecule is CN(C)C(N)CC(N)=O. The van der Waals surface area contributed by atoms with Crippen LogP contribution < -0.4 is 11.5 Å². The minimum atomic E-state index is -0.365. The van der Waals surface area contributed by atoms with Gasteiger partial charge in [0.15, 0.2) is 0 Å². The molecular formula is C5H13N3O. The van der Waals surface area contributed by atoms with Crippen LogP contribution in [0.3, 0.4) is 0 Å². The monoisotopic (exact) mass is 131 g/mol. The van der Waals surface area contributed by atoms with Crippen LogP contribution >= 0.6 is 0 Å². The molecule has 0 aromatic rings. The average molecular weight is 131 g/mol. The summed E-state index contributed by atoms with van der Waals surface area (Å²) in [5.74, 6) is -0.365. The normalized spacial score (nSPS) is 13.8. The number of nitrogens with zero attached hydrogens (tertiary/aromatic N) is 1. The Labute approximate surface area is 54.8 Å². The molecule has 0 heterocycles. The summed E-state index contributed by atoms with van der Waals surface area (Å²) >= 11 is 0. The highest BCUT2D eigenvalue weighted by molar-refractivity contribution is 5.74. The lowest BCUT2D eigenvalue weighted by atomic mass is 10.3. The van der Waals surface area contributed by atoms with E-state index in [1.165, 1.54) is 0 Å². The fourth-order valence-electron chi connectivity index (χ4n) is 0.389. The van der Waals surface area contributed by atoms with Gasteiger partial charge in [0.25, 0.3) is 0 Å². The van der Waals surface area contributed by atoms with Gasteiger partial charge in [0.05, 0.1) is 12.6 Å². The van der Waals surface area contributed by atoms with Crippen molar-refractivity contribution in [2.45, 2.75) is 12.6 Å². The highest BCUT2D eigenvalue weighted by atomic mass is 16.1. The van der Waals surface area contributed by atoms with Gasteiger partial charge in [0, 0.05) is 0 Å². The Hall–Kier alpha value is -0.610. The summed E-state index contributed by atoms with van der Waals surface area (Å²) in [6.45, 7) is 0. The Morgan fingerprint density at radius 3 is 2.22 bits per heavy atom. The van der Waals surface area contributed by atoms with Gasteiger partial charge >= 0.3 is 0 Å².